The molecule has 1 aromatic rings. The van der Waals surface area contributed by atoms with Crippen molar-refractivity contribution in [3.05, 3.63) is 30.3 Å². The van der Waals surface area contributed by atoms with Gasteiger partial charge in [-0.3, -0.25) is 9.32 Å². The van der Waals surface area contributed by atoms with E-state index >= 15 is 0 Å². The average molecular weight is 413 g/mol. The Labute approximate surface area is 131 Å². The van der Waals surface area contributed by atoms with Crippen LogP contribution < -0.4 is 9.61 Å². The topological polar surface area (TPSA) is 73.9 Å². The summed E-state index contributed by atoms with van der Waals surface area (Å²) in [6.07, 6.45) is 0. The molecule has 1 rings (SSSR count). The number of alkyl halides is 1. The first-order valence-corrected chi connectivity index (χ1v) is 8.68. The van der Waals surface area contributed by atoms with Gasteiger partial charge in [0.2, 0.25) is 0 Å². The van der Waals surface area contributed by atoms with Gasteiger partial charge >= 0.3 is 13.7 Å². The summed E-state index contributed by atoms with van der Waals surface area (Å²) in [5, 5.41) is 2.56. The van der Waals surface area contributed by atoms with Gasteiger partial charge in [-0.05, 0) is 26.0 Å². The molecule has 0 saturated heterocycles. The first kappa shape index (κ1) is 17.4. The Morgan fingerprint density at radius 1 is 1.30 bits per heavy atom. The molecule has 0 amide bonds. The number of carbonyl (C=O) groups excluding carboxylic acids is 1. The number of halogens is 1. The highest BCUT2D eigenvalue weighted by Crippen LogP contribution is 2.46. The zero-order valence-corrected chi connectivity index (χ0v) is 14.5. The summed E-state index contributed by atoms with van der Waals surface area (Å²) in [6.45, 7) is 3.24. The minimum Gasteiger partial charge on any atom is -0.468 e. The van der Waals surface area contributed by atoms with Gasteiger partial charge in [0.1, 0.15) is 15.9 Å². The Morgan fingerprint density at radius 2 is 1.90 bits per heavy atom. The van der Waals surface area contributed by atoms with Gasteiger partial charge in [-0.2, -0.15) is 5.09 Å². The van der Waals surface area contributed by atoms with E-state index in [2.05, 4.69) is 9.82 Å². The maximum absolute atomic E-state index is 12.7. The third kappa shape index (κ3) is 5.78. The number of para-hydroxylation sites is 1. The predicted octanol–water partition coefficient (Wildman–Crippen LogP) is 3.12. The van der Waals surface area contributed by atoms with Crippen LogP contribution in [0.3, 0.4) is 0 Å². The van der Waals surface area contributed by atoms with E-state index in [9.17, 15) is 9.36 Å². The molecule has 1 aromatic carbocycles. The number of rotatable bonds is 7. The van der Waals surface area contributed by atoms with E-state index in [-0.39, 0.29) is 4.11 Å². The highest BCUT2D eigenvalue weighted by molar-refractivity contribution is 14.1. The molecule has 0 radical (unpaired) electrons. The average Bonchev–Trinajstić information content (AvgIpc) is 2.37. The summed E-state index contributed by atoms with van der Waals surface area (Å²) in [4.78, 5) is 11.4. The number of ether oxygens (including phenoxy) is 1. The molecule has 20 heavy (non-hydrogen) atoms. The molecule has 0 aliphatic carbocycles. The summed E-state index contributed by atoms with van der Waals surface area (Å²) in [5.74, 6) is -0.163. The first-order valence-electron chi connectivity index (χ1n) is 5.89. The summed E-state index contributed by atoms with van der Waals surface area (Å²) < 4.78 is 27.6. The molecule has 112 valence electrons. The number of carbonyl (C=O) groups is 1. The molecule has 0 bridgehead atoms. The fourth-order valence-corrected chi connectivity index (χ4v) is 3.77. The smallest absolute Gasteiger partial charge is 0.460 e. The molecule has 0 heterocycles. The van der Waals surface area contributed by atoms with E-state index in [4.69, 9.17) is 9.05 Å². The molecule has 8 heteroatoms. The third-order valence-electron chi connectivity index (χ3n) is 2.16. The van der Waals surface area contributed by atoms with Crippen LogP contribution in [-0.4, -0.2) is 23.2 Å². The van der Waals surface area contributed by atoms with Crippen molar-refractivity contribution in [1.29, 1.82) is 0 Å². The predicted molar refractivity (Wildman–Crippen MR) is 83.9 cm³/mol. The largest absolute Gasteiger partial charge is 0.468 e. The van der Waals surface area contributed by atoms with Crippen LogP contribution in [0.2, 0.25) is 0 Å². The molecule has 1 N–H and O–H groups in total. The van der Waals surface area contributed by atoms with E-state index in [1.807, 2.05) is 28.7 Å². The Hall–Kier alpha value is -0.630. The zero-order chi connectivity index (χ0) is 15.2. The van der Waals surface area contributed by atoms with Crippen LogP contribution in [-0.2, 0) is 18.6 Å². The molecule has 0 spiro atoms. The normalized spacial score (nSPS) is 16.8. The second-order valence-corrected chi connectivity index (χ2v) is 7.32. The molecule has 6 nitrogen and oxygen atoms in total. The molecule has 0 aliphatic heterocycles. The lowest BCUT2D eigenvalue weighted by atomic mass is 10.3. The Kier molecular flexibility index (Phi) is 6.94. The summed E-state index contributed by atoms with van der Waals surface area (Å²) in [5.41, 5.74) is 0. The monoisotopic (exact) mass is 413 g/mol. The second-order valence-electron chi connectivity index (χ2n) is 3.92. The zero-order valence-electron chi connectivity index (χ0n) is 11.4. The maximum Gasteiger partial charge on any atom is 0.460 e. The lowest BCUT2D eigenvalue weighted by Gasteiger charge is -2.23. The van der Waals surface area contributed by atoms with Gasteiger partial charge in [-0.25, -0.2) is 4.57 Å². The number of hydrogen-bond donors (Lipinski definition) is 1. The highest BCUT2D eigenvalue weighted by atomic mass is 127. The van der Waals surface area contributed by atoms with Crippen molar-refractivity contribution in [2.45, 2.75) is 24.0 Å². The van der Waals surface area contributed by atoms with Gasteiger partial charge in [0, 0.05) is 0 Å². The van der Waals surface area contributed by atoms with Crippen molar-refractivity contribution < 1.29 is 23.1 Å². The fraction of sp³-hybridized carbons (Fsp3) is 0.417. The molecule has 0 aliphatic rings. The number of hydrogen-bond acceptors (Lipinski definition) is 5. The van der Waals surface area contributed by atoms with Crippen LogP contribution >= 0.6 is 30.3 Å². The molecule has 0 aromatic heterocycles. The van der Waals surface area contributed by atoms with Crippen LogP contribution in [0.15, 0.2) is 30.3 Å². The van der Waals surface area contributed by atoms with Gasteiger partial charge in [-0.1, -0.05) is 40.8 Å². The minimum absolute atomic E-state index is 0.362. The molecule has 0 saturated carbocycles. The molecule has 0 fully saturated rings. The van der Waals surface area contributed by atoms with E-state index < -0.39 is 19.8 Å². The second kappa shape index (κ2) is 7.97. The molecular weight excluding hydrogens is 396 g/mol. The lowest BCUT2D eigenvalue weighted by molar-refractivity contribution is -0.142. The van der Waals surface area contributed by atoms with E-state index in [1.54, 1.807) is 31.2 Å². The van der Waals surface area contributed by atoms with Crippen molar-refractivity contribution in [3.63, 3.8) is 0 Å². The minimum atomic E-state index is -3.68. The van der Waals surface area contributed by atoms with Crippen LogP contribution in [0, 0.1) is 0 Å². The van der Waals surface area contributed by atoms with Crippen molar-refractivity contribution in [2.75, 3.05) is 7.11 Å². The fourth-order valence-electron chi connectivity index (χ4n) is 1.36. The third-order valence-corrected chi connectivity index (χ3v) is 4.56. The van der Waals surface area contributed by atoms with Gasteiger partial charge in [0.15, 0.2) is 0 Å². The summed E-state index contributed by atoms with van der Waals surface area (Å²) in [6, 6.07) is 7.79. The number of methoxy groups -OCH3 is 1. The summed E-state index contributed by atoms with van der Waals surface area (Å²) in [7, 11) is -2.42. The quantitative estimate of drug-likeness (QED) is 0.321. The first-order chi connectivity index (χ1) is 9.36. The van der Waals surface area contributed by atoms with Gasteiger partial charge < -0.3 is 9.26 Å². The van der Waals surface area contributed by atoms with Crippen molar-refractivity contribution in [3.8, 4) is 5.75 Å². The number of esters is 1. The Morgan fingerprint density at radius 3 is 2.40 bits per heavy atom. The lowest BCUT2D eigenvalue weighted by Crippen LogP contribution is -2.34. The number of benzene rings is 1. The van der Waals surface area contributed by atoms with E-state index in [0.29, 0.717) is 5.75 Å². The standard InChI is InChI=1S/C12H17INO5P/c1-9(12(15)17-3)14-20(16,18-10(2)13)19-11-7-5-4-6-8-11/h4-10H,1-3H3,(H,14,16)/t9-,10?,20?/m0/s1. The van der Waals surface area contributed by atoms with Crippen molar-refractivity contribution in [2.24, 2.45) is 0 Å². The van der Waals surface area contributed by atoms with Gasteiger partial charge in [0.05, 0.1) is 7.11 Å². The summed E-state index contributed by atoms with van der Waals surface area (Å²) >= 11 is 1.95. The maximum atomic E-state index is 12.7. The van der Waals surface area contributed by atoms with E-state index in [0.717, 1.165) is 0 Å². The number of nitrogens with one attached hydrogen (secondary N) is 1. The molecule has 3 atom stereocenters. The van der Waals surface area contributed by atoms with E-state index in [1.165, 1.54) is 14.0 Å². The van der Waals surface area contributed by atoms with Crippen LogP contribution in [0.25, 0.3) is 0 Å². The molecular formula is C12H17INO5P. The van der Waals surface area contributed by atoms with Gasteiger partial charge in [0.25, 0.3) is 0 Å². The van der Waals surface area contributed by atoms with Crippen molar-refractivity contribution >= 4 is 36.3 Å². The Bertz CT molecular complexity index is 482. The van der Waals surface area contributed by atoms with Crippen LogP contribution in [0.1, 0.15) is 13.8 Å². The van der Waals surface area contributed by atoms with Crippen LogP contribution in [0.4, 0.5) is 0 Å². The highest BCUT2D eigenvalue weighted by Gasteiger charge is 2.33. The van der Waals surface area contributed by atoms with Gasteiger partial charge in [-0.15, -0.1) is 0 Å². The Balaban J connectivity index is 2.86. The van der Waals surface area contributed by atoms with Crippen molar-refractivity contribution in [1.82, 2.24) is 5.09 Å². The van der Waals surface area contributed by atoms with Crippen LogP contribution in [0.5, 0.6) is 5.75 Å². The SMILES string of the molecule is COC(=O)[C@H](C)NP(=O)(Oc1ccccc1)OC(C)I. The molecule has 2 unspecified atom stereocenters.